The molecule has 22 heavy (non-hydrogen) atoms. The minimum Gasteiger partial charge on any atom is -0.382 e. The average molecular weight is 338 g/mol. The highest BCUT2D eigenvalue weighted by atomic mass is 35.5. The molecular formula is C17H20ClNO2S. The largest absolute Gasteiger partial charge is 0.382 e. The molecule has 0 atom stereocenters. The quantitative estimate of drug-likeness (QED) is 0.581. The SMILES string of the molecule is CCOCCCNC(=O)CSc1cccc2cccc(Cl)c12. The average Bonchev–Trinajstić information content (AvgIpc) is 2.53. The van der Waals surface area contributed by atoms with E-state index in [0.29, 0.717) is 25.5 Å². The van der Waals surface area contributed by atoms with Crippen LogP contribution >= 0.6 is 23.4 Å². The molecule has 0 heterocycles. The molecule has 118 valence electrons. The number of carbonyl (C=O) groups excluding carboxylic acids is 1. The van der Waals surface area contributed by atoms with Gasteiger partial charge in [-0.05, 0) is 30.9 Å². The number of nitrogens with one attached hydrogen (secondary N) is 1. The van der Waals surface area contributed by atoms with Crippen molar-refractivity contribution in [2.45, 2.75) is 18.2 Å². The number of halogens is 1. The zero-order valence-corrected chi connectivity index (χ0v) is 14.2. The van der Waals surface area contributed by atoms with Gasteiger partial charge in [-0.25, -0.2) is 0 Å². The molecule has 0 fully saturated rings. The highest BCUT2D eigenvalue weighted by molar-refractivity contribution is 8.00. The third-order valence-electron chi connectivity index (χ3n) is 3.17. The maximum absolute atomic E-state index is 11.9. The summed E-state index contributed by atoms with van der Waals surface area (Å²) in [5, 5.41) is 5.73. The van der Waals surface area contributed by atoms with Crippen LogP contribution in [0.1, 0.15) is 13.3 Å². The number of fused-ring (bicyclic) bond motifs is 1. The third kappa shape index (κ3) is 4.90. The molecule has 0 radical (unpaired) electrons. The minimum absolute atomic E-state index is 0.0329. The van der Waals surface area contributed by atoms with Crippen molar-refractivity contribution >= 4 is 40.0 Å². The predicted octanol–water partition coefficient (Wildman–Crippen LogP) is 4.13. The van der Waals surface area contributed by atoms with E-state index < -0.39 is 0 Å². The van der Waals surface area contributed by atoms with E-state index in [2.05, 4.69) is 5.32 Å². The Morgan fingerprint density at radius 3 is 2.82 bits per heavy atom. The molecule has 2 aromatic rings. The Kier molecular flexibility index (Phi) is 7.03. The van der Waals surface area contributed by atoms with Gasteiger partial charge in [0.2, 0.25) is 5.91 Å². The van der Waals surface area contributed by atoms with E-state index in [1.165, 1.54) is 11.8 Å². The summed E-state index contributed by atoms with van der Waals surface area (Å²) in [4.78, 5) is 12.9. The van der Waals surface area contributed by atoms with Crippen LogP contribution < -0.4 is 5.32 Å². The number of hydrogen-bond acceptors (Lipinski definition) is 3. The van der Waals surface area contributed by atoms with Gasteiger partial charge in [0.05, 0.1) is 5.75 Å². The normalized spacial score (nSPS) is 10.8. The first kappa shape index (κ1) is 17.1. The third-order valence-corrected chi connectivity index (χ3v) is 4.54. The van der Waals surface area contributed by atoms with Gasteiger partial charge in [0.15, 0.2) is 0 Å². The van der Waals surface area contributed by atoms with Crippen molar-refractivity contribution in [1.29, 1.82) is 0 Å². The zero-order valence-electron chi connectivity index (χ0n) is 12.6. The molecule has 5 heteroatoms. The molecule has 2 aromatic carbocycles. The topological polar surface area (TPSA) is 38.3 Å². The molecule has 2 rings (SSSR count). The van der Waals surface area contributed by atoms with Crippen LogP contribution in [0.2, 0.25) is 5.02 Å². The van der Waals surface area contributed by atoms with E-state index in [1.54, 1.807) is 0 Å². The molecule has 0 unspecified atom stereocenters. The number of benzene rings is 2. The first-order valence-corrected chi connectivity index (χ1v) is 8.73. The van der Waals surface area contributed by atoms with E-state index >= 15 is 0 Å². The van der Waals surface area contributed by atoms with Crippen LogP contribution in [-0.2, 0) is 9.53 Å². The summed E-state index contributed by atoms with van der Waals surface area (Å²) in [6.45, 7) is 4.01. The van der Waals surface area contributed by atoms with Crippen molar-refractivity contribution < 1.29 is 9.53 Å². The second-order valence-corrected chi connectivity index (χ2v) is 6.21. The standard InChI is InChI=1S/C17H20ClNO2S/c1-2-21-11-5-10-19-16(20)12-22-15-9-4-7-13-6-3-8-14(18)17(13)15/h3-4,6-9H,2,5,10-12H2,1H3,(H,19,20). The summed E-state index contributed by atoms with van der Waals surface area (Å²) in [6.07, 6.45) is 0.838. The number of rotatable bonds is 8. The van der Waals surface area contributed by atoms with Crippen LogP contribution in [0, 0.1) is 0 Å². The van der Waals surface area contributed by atoms with E-state index in [0.717, 1.165) is 27.1 Å². The lowest BCUT2D eigenvalue weighted by atomic mass is 10.1. The number of thioether (sulfide) groups is 1. The van der Waals surface area contributed by atoms with Gasteiger partial charge in [-0.1, -0.05) is 35.9 Å². The van der Waals surface area contributed by atoms with Crippen molar-refractivity contribution in [2.75, 3.05) is 25.5 Å². The van der Waals surface area contributed by atoms with Crippen molar-refractivity contribution in [3.63, 3.8) is 0 Å². The van der Waals surface area contributed by atoms with Gasteiger partial charge in [-0.15, -0.1) is 11.8 Å². The Hall–Kier alpha value is -1.23. The van der Waals surface area contributed by atoms with Crippen LogP contribution in [0.3, 0.4) is 0 Å². The summed E-state index contributed by atoms with van der Waals surface area (Å²) in [7, 11) is 0. The molecule has 0 bridgehead atoms. The van der Waals surface area contributed by atoms with Gasteiger partial charge >= 0.3 is 0 Å². The highest BCUT2D eigenvalue weighted by Crippen LogP contribution is 2.32. The fourth-order valence-electron chi connectivity index (χ4n) is 2.12. The van der Waals surface area contributed by atoms with Gasteiger partial charge < -0.3 is 10.1 Å². The molecule has 1 N–H and O–H groups in total. The molecule has 0 saturated heterocycles. The number of amides is 1. The first-order chi connectivity index (χ1) is 10.7. The Bertz CT molecular complexity index is 628. The van der Waals surface area contributed by atoms with Gasteiger partial charge in [0.1, 0.15) is 0 Å². The molecule has 1 amide bonds. The summed E-state index contributed by atoms with van der Waals surface area (Å²) in [6, 6.07) is 11.9. The van der Waals surface area contributed by atoms with E-state index in [-0.39, 0.29) is 5.91 Å². The van der Waals surface area contributed by atoms with Crippen molar-refractivity contribution in [3.05, 3.63) is 41.4 Å². The van der Waals surface area contributed by atoms with Crippen LogP contribution in [-0.4, -0.2) is 31.4 Å². The van der Waals surface area contributed by atoms with Crippen LogP contribution in [0.25, 0.3) is 10.8 Å². The maximum atomic E-state index is 11.9. The number of carbonyl (C=O) groups is 1. The van der Waals surface area contributed by atoms with Crippen molar-refractivity contribution in [1.82, 2.24) is 5.32 Å². The molecule has 0 saturated carbocycles. The molecular weight excluding hydrogens is 318 g/mol. The number of hydrogen-bond donors (Lipinski definition) is 1. The van der Waals surface area contributed by atoms with E-state index in [4.69, 9.17) is 16.3 Å². The summed E-state index contributed by atoms with van der Waals surface area (Å²) >= 11 is 7.79. The number of ether oxygens (including phenoxy) is 1. The summed E-state index contributed by atoms with van der Waals surface area (Å²) in [5.41, 5.74) is 0. The predicted molar refractivity (Wildman–Crippen MR) is 93.8 cm³/mol. The highest BCUT2D eigenvalue weighted by Gasteiger charge is 2.08. The molecule has 0 aliphatic carbocycles. The molecule has 0 aromatic heterocycles. The summed E-state index contributed by atoms with van der Waals surface area (Å²) < 4.78 is 5.23. The first-order valence-electron chi connectivity index (χ1n) is 7.37. The van der Waals surface area contributed by atoms with Crippen LogP contribution in [0.5, 0.6) is 0 Å². The van der Waals surface area contributed by atoms with Crippen molar-refractivity contribution in [3.8, 4) is 0 Å². The van der Waals surface area contributed by atoms with Crippen LogP contribution in [0.15, 0.2) is 41.3 Å². The Balaban J connectivity index is 1.88. The zero-order chi connectivity index (χ0) is 15.8. The Morgan fingerprint density at radius 2 is 2.05 bits per heavy atom. The van der Waals surface area contributed by atoms with Gasteiger partial charge in [0.25, 0.3) is 0 Å². The lowest BCUT2D eigenvalue weighted by molar-refractivity contribution is -0.118. The fourth-order valence-corrected chi connectivity index (χ4v) is 3.40. The lowest BCUT2D eigenvalue weighted by Gasteiger charge is -2.08. The monoisotopic (exact) mass is 337 g/mol. The van der Waals surface area contributed by atoms with E-state index in [9.17, 15) is 4.79 Å². The minimum atomic E-state index is 0.0329. The van der Waals surface area contributed by atoms with Gasteiger partial charge in [0, 0.05) is 35.1 Å². The molecule has 0 aliphatic rings. The Morgan fingerprint density at radius 1 is 1.27 bits per heavy atom. The van der Waals surface area contributed by atoms with Crippen molar-refractivity contribution in [2.24, 2.45) is 0 Å². The second-order valence-electron chi connectivity index (χ2n) is 4.78. The molecule has 3 nitrogen and oxygen atoms in total. The van der Waals surface area contributed by atoms with E-state index in [1.807, 2.05) is 43.3 Å². The fraction of sp³-hybridized carbons (Fsp3) is 0.353. The maximum Gasteiger partial charge on any atom is 0.230 e. The second kappa shape index (κ2) is 9.03. The van der Waals surface area contributed by atoms with Gasteiger partial charge in [-0.3, -0.25) is 4.79 Å². The smallest absolute Gasteiger partial charge is 0.230 e. The molecule has 0 aliphatic heterocycles. The molecule has 0 spiro atoms. The summed E-state index contributed by atoms with van der Waals surface area (Å²) in [5.74, 6) is 0.421. The lowest BCUT2D eigenvalue weighted by Crippen LogP contribution is -2.26. The van der Waals surface area contributed by atoms with Crippen LogP contribution in [0.4, 0.5) is 0 Å². The Labute approximate surface area is 140 Å². The van der Waals surface area contributed by atoms with Gasteiger partial charge in [-0.2, -0.15) is 0 Å².